The first-order chi connectivity index (χ1) is 7.24. The molecule has 0 atom stereocenters. The summed E-state index contributed by atoms with van der Waals surface area (Å²) in [4.78, 5) is 4.16. The highest BCUT2D eigenvalue weighted by molar-refractivity contribution is 5.53. The molecular weight excluding hydrogens is 191 g/mol. The van der Waals surface area contributed by atoms with Gasteiger partial charge in [-0.3, -0.25) is 0 Å². The van der Waals surface area contributed by atoms with Gasteiger partial charge in [0.25, 0.3) is 0 Å². The van der Waals surface area contributed by atoms with Crippen LogP contribution in [0.25, 0.3) is 6.08 Å². The van der Waals surface area contributed by atoms with Gasteiger partial charge in [0, 0.05) is 0 Å². The minimum Gasteiger partial charge on any atom is -0.384 e. The Labute approximate surface area is 88.6 Å². The molecule has 78 valence electrons. The largest absolute Gasteiger partial charge is 0.384 e. The van der Waals surface area contributed by atoms with E-state index < -0.39 is 0 Å². The van der Waals surface area contributed by atoms with Gasteiger partial charge in [0.1, 0.15) is 5.82 Å². The van der Waals surface area contributed by atoms with Crippen LogP contribution in [-0.4, -0.2) is 4.98 Å². The Balaban J connectivity index is 2.75. The molecule has 3 heteroatoms. The van der Waals surface area contributed by atoms with Gasteiger partial charge in [-0.15, -0.1) is 0 Å². The molecule has 0 aliphatic carbocycles. The molecule has 1 aromatic heterocycles. The molecule has 0 aromatic carbocycles. The van der Waals surface area contributed by atoms with Crippen LogP contribution in [0, 0.1) is 6.92 Å². The van der Waals surface area contributed by atoms with Gasteiger partial charge < -0.3 is 5.73 Å². The van der Waals surface area contributed by atoms with Gasteiger partial charge in [-0.1, -0.05) is 24.3 Å². The van der Waals surface area contributed by atoms with Gasteiger partial charge in [-0.25, -0.2) is 9.37 Å². The SMILES string of the molecule is Cc1ccc(N)nc1/C=C/C=C\C=C\F. The molecule has 0 aliphatic heterocycles. The van der Waals surface area contributed by atoms with Crippen molar-refractivity contribution in [3.8, 4) is 0 Å². The van der Waals surface area contributed by atoms with Crippen molar-refractivity contribution in [2.75, 3.05) is 5.73 Å². The van der Waals surface area contributed by atoms with Crippen molar-refractivity contribution in [1.82, 2.24) is 4.98 Å². The molecule has 0 aliphatic rings. The summed E-state index contributed by atoms with van der Waals surface area (Å²) in [6.07, 6.45) is 8.72. The van der Waals surface area contributed by atoms with Crippen LogP contribution in [0.3, 0.4) is 0 Å². The third kappa shape index (κ3) is 3.77. The Morgan fingerprint density at radius 2 is 1.93 bits per heavy atom. The quantitative estimate of drug-likeness (QED) is 0.768. The van der Waals surface area contributed by atoms with Crippen LogP contribution in [0.1, 0.15) is 11.3 Å². The van der Waals surface area contributed by atoms with Gasteiger partial charge in [0.2, 0.25) is 0 Å². The average Bonchev–Trinajstić information content (AvgIpc) is 2.23. The lowest BCUT2D eigenvalue weighted by Crippen LogP contribution is -1.93. The van der Waals surface area contributed by atoms with E-state index >= 15 is 0 Å². The lowest BCUT2D eigenvalue weighted by Gasteiger charge is -1.99. The smallest absolute Gasteiger partial charge is 0.124 e. The van der Waals surface area contributed by atoms with Gasteiger partial charge >= 0.3 is 0 Å². The zero-order valence-corrected chi connectivity index (χ0v) is 8.52. The number of aromatic nitrogens is 1. The molecular formula is C12H13FN2. The fourth-order valence-electron chi connectivity index (χ4n) is 1.05. The van der Waals surface area contributed by atoms with E-state index in [-0.39, 0.29) is 0 Å². The molecule has 0 saturated heterocycles. The first kappa shape index (κ1) is 11.2. The highest BCUT2D eigenvalue weighted by Crippen LogP contribution is 2.09. The van der Waals surface area contributed by atoms with Crippen molar-refractivity contribution < 1.29 is 4.39 Å². The lowest BCUT2D eigenvalue weighted by atomic mass is 10.2. The number of nitrogens with two attached hydrogens (primary N) is 1. The molecule has 1 heterocycles. The van der Waals surface area contributed by atoms with Crippen LogP contribution in [0.4, 0.5) is 10.2 Å². The molecule has 2 N–H and O–H groups in total. The summed E-state index contributed by atoms with van der Waals surface area (Å²) in [6, 6.07) is 3.67. The van der Waals surface area contributed by atoms with Crippen molar-refractivity contribution in [3.63, 3.8) is 0 Å². The second-order valence-corrected chi connectivity index (χ2v) is 3.00. The summed E-state index contributed by atoms with van der Waals surface area (Å²) in [5.74, 6) is 0.493. The predicted molar refractivity (Wildman–Crippen MR) is 61.8 cm³/mol. The number of hydrogen-bond acceptors (Lipinski definition) is 2. The standard InChI is InChI=1S/C12H13FN2/c1-10-7-8-12(14)15-11(10)6-4-2-3-5-9-13/h2-9H,1H3,(H2,14,15)/b3-2-,6-4+,9-5+. The fourth-order valence-corrected chi connectivity index (χ4v) is 1.05. The van der Waals surface area contributed by atoms with E-state index in [1.54, 1.807) is 24.3 Å². The second-order valence-electron chi connectivity index (χ2n) is 3.00. The topological polar surface area (TPSA) is 38.9 Å². The average molecular weight is 204 g/mol. The number of allylic oxidation sites excluding steroid dienone is 4. The number of nitrogen functional groups attached to an aromatic ring is 1. The molecule has 0 amide bonds. The molecule has 0 unspecified atom stereocenters. The van der Waals surface area contributed by atoms with Gasteiger partial charge in [0.15, 0.2) is 0 Å². The zero-order valence-electron chi connectivity index (χ0n) is 8.52. The summed E-state index contributed by atoms with van der Waals surface area (Å²) in [5.41, 5.74) is 7.43. The molecule has 2 nitrogen and oxygen atoms in total. The second kappa shape index (κ2) is 5.75. The molecule has 1 aromatic rings. The Morgan fingerprint density at radius 1 is 1.20 bits per heavy atom. The number of nitrogens with zero attached hydrogens (tertiary/aromatic N) is 1. The van der Waals surface area contributed by atoms with Crippen LogP contribution in [-0.2, 0) is 0 Å². The number of pyridine rings is 1. The van der Waals surface area contributed by atoms with Crippen LogP contribution < -0.4 is 5.73 Å². The van der Waals surface area contributed by atoms with E-state index in [1.165, 1.54) is 6.08 Å². The first-order valence-corrected chi connectivity index (χ1v) is 4.57. The summed E-state index contributed by atoms with van der Waals surface area (Å²) in [7, 11) is 0. The van der Waals surface area contributed by atoms with Gasteiger partial charge in [0.05, 0.1) is 12.0 Å². The van der Waals surface area contributed by atoms with Gasteiger partial charge in [-0.05, 0) is 30.7 Å². The fraction of sp³-hybridized carbons (Fsp3) is 0.0833. The summed E-state index contributed by atoms with van der Waals surface area (Å²) in [5, 5.41) is 0. The van der Waals surface area contributed by atoms with E-state index in [0.29, 0.717) is 12.1 Å². The zero-order chi connectivity index (χ0) is 11.1. The first-order valence-electron chi connectivity index (χ1n) is 4.57. The van der Waals surface area contributed by atoms with Crippen molar-refractivity contribution >= 4 is 11.9 Å². The third-order valence-electron chi connectivity index (χ3n) is 1.82. The molecule has 1 rings (SSSR count). The maximum atomic E-state index is 11.6. The summed E-state index contributed by atoms with van der Waals surface area (Å²) < 4.78 is 11.6. The summed E-state index contributed by atoms with van der Waals surface area (Å²) in [6.45, 7) is 1.96. The van der Waals surface area contributed by atoms with Crippen LogP contribution in [0.5, 0.6) is 0 Å². The summed E-state index contributed by atoms with van der Waals surface area (Å²) >= 11 is 0. The molecule has 0 saturated carbocycles. The van der Waals surface area contributed by atoms with E-state index in [9.17, 15) is 4.39 Å². The number of hydrogen-bond donors (Lipinski definition) is 1. The van der Waals surface area contributed by atoms with Crippen LogP contribution >= 0.6 is 0 Å². The minimum atomic E-state index is 0.481. The lowest BCUT2D eigenvalue weighted by molar-refractivity contribution is 0.721. The number of anilines is 1. The van der Waals surface area contributed by atoms with Gasteiger partial charge in [-0.2, -0.15) is 0 Å². The number of halogens is 1. The maximum Gasteiger partial charge on any atom is 0.124 e. The minimum absolute atomic E-state index is 0.481. The van der Waals surface area contributed by atoms with Crippen LogP contribution in [0.2, 0.25) is 0 Å². The molecule has 0 bridgehead atoms. The maximum absolute atomic E-state index is 11.6. The van der Waals surface area contributed by atoms with Crippen molar-refractivity contribution in [1.29, 1.82) is 0 Å². The number of rotatable bonds is 3. The highest BCUT2D eigenvalue weighted by atomic mass is 19.1. The number of aryl methyl sites for hydroxylation is 1. The molecule has 0 fully saturated rings. The Kier molecular flexibility index (Phi) is 4.29. The van der Waals surface area contributed by atoms with E-state index in [4.69, 9.17) is 5.73 Å². The molecule has 15 heavy (non-hydrogen) atoms. The van der Waals surface area contributed by atoms with E-state index in [2.05, 4.69) is 4.98 Å². The van der Waals surface area contributed by atoms with E-state index in [0.717, 1.165) is 11.3 Å². The van der Waals surface area contributed by atoms with E-state index in [1.807, 2.05) is 19.1 Å². The Morgan fingerprint density at radius 3 is 2.67 bits per heavy atom. The third-order valence-corrected chi connectivity index (χ3v) is 1.82. The van der Waals surface area contributed by atoms with Crippen LogP contribution in [0.15, 0.2) is 42.8 Å². The monoisotopic (exact) mass is 204 g/mol. The Bertz CT molecular complexity index is 406. The normalized spacial score (nSPS) is 12.1. The molecule has 0 radical (unpaired) electrons. The predicted octanol–water partition coefficient (Wildman–Crippen LogP) is 3.02. The molecule has 0 spiro atoms. The van der Waals surface area contributed by atoms with Crippen molar-refractivity contribution in [3.05, 3.63) is 54.0 Å². The highest BCUT2D eigenvalue weighted by Gasteiger charge is 1.94. The van der Waals surface area contributed by atoms with Crippen molar-refractivity contribution in [2.45, 2.75) is 6.92 Å². The Hall–Kier alpha value is -1.90. The van der Waals surface area contributed by atoms with Crippen molar-refractivity contribution in [2.24, 2.45) is 0 Å².